The first kappa shape index (κ1) is 30.5. The molecular weight excluding hydrogens is 534 g/mol. The Balaban J connectivity index is 1.53. The molecule has 1 N–H and O–H groups in total. The molecule has 3 aromatic carbocycles. The molecule has 1 atom stereocenters. The van der Waals surface area contributed by atoms with Gasteiger partial charge in [-0.15, -0.1) is 0 Å². The van der Waals surface area contributed by atoms with Crippen LogP contribution >= 0.6 is 0 Å². The van der Waals surface area contributed by atoms with Crippen LogP contribution in [0.15, 0.2) is 89.8 Å². The standard InChI is InChI=1S/C33H41N3O4S/c1-2-3-10-23-34-33(38)32(29-15-8-5-9-16-29)36(26-28-13-6-4-7-14-28)31(37)22-19-27-17-20-30(21-18-27)41(39,40)35-24-11-12-25-35/h4-9,13-18,20-21,32H,2-3,10-12,19,22-26H2,1H3,(H,34,38). The van der Waals surface area contributed by atoms with E-state index in [4.69, 9.17) is 0 Å². The molecule has 2 amide bonds. The molecule has 218 valence electrons. The van der Waals surface area contributed by atoms with Crippen molar-refractivity contribution in [2.24, 2.45) is 0 Å². The van der Waals surface area contributed by atoms with E-state index in [0.29, 0.717) is 32.6 Å². The van der Waals surface area contributed by atoms with Crippen LogP contribution < -0.4 is 5.32 Å². The summed E-state index contributed by atoms with van der Waals surface area (Å²) in [4.78, 5) is 29.4. The average Bonchev–Trinajstić information content (AvgIpc) is 3.55. The van der Waals surface area contributed by atoms with Gasteiger partial charge in [-0.3, -0.25) is 9.59 Å². The first-order chi connectivity index (χ1) is 19.9. The minimum atomic E-state index is -3.48. The summed E-state index contributed by atoms with van der Waals surface area (Å²) in [5.41, 5.74) is 2.58. The Morgan fingerprint density at radius 1 is 0.854 bits per heavy atom. The number of nitrogens with zero attached hydrogens (tertiary/aromatic N) is 2. The van der Waals surface area contributed by atoms with Crippen molar-refractivity contribution in [3.05, 3.63) is 102 Å². The molecule has 1 aliphatic rings. The molecule has 7 nitrogen and oxygen atoms in total. The van der Waals surface area contributed by atoms with E-state index in [9.17, 15) is 18.0 Å². The Hall–Kier alpha value is -3.49. The van der Waals surface area contributed by atoms with Gasteiger partial charge in [0, 0.05) is 32.6 Å². The van der Waals surface area contributed by atoms with Crippen LogP contribution in [0.3, 0.4) is 0 Å². The number of nitrogens with one attached hydrogen (secondary N) is 1. The number of benzene rings is 3. The van der Waals surface area contributed by atoms with Gasteiger partial charge in [0.2, 0.25) is 21.8 Å². The zero-order valence-corrected chi connectivity index (χ0v) is 24.7. The molecular formula is C33H41N3O4S. The third-order valence-corrected chi connectivity index (χ3v) is 9.44. The SMILES string of the molecule is CCCCCNC(=O)C(c1ccccc1)N(Cc1ccccc1)C(=O)CCc1ccc(S(=O)(=O)N2CCCC2)cc1. The number of rotatable bonds is 14. The molecule has 0 radical (unpaired) electrons. The van der Waals surface area contributed by atoms with E-state index in [-0.39, 0.29) is 23.1 Å². The van der Waals surface area contributed by atoms with E-state index in [1.165, 1.54) is 4.31 Å². The van der Waals surface area contributed by atoms with Crippen molar-refractivity contribution in [1.82, 2.24) is 14.5 Å². The molecule has 41 heavy (non-hydrogen) atoms. The lowest BCUT2D eigenvalue weighted by atomic mass is 10.0. The van der Waals surface area contributed by atoms with Crippen molar-refractivity contribution in [2.75, 3.05) is 19.6 Å². The van der Waals surface area contributed by atoms with Gasteiger partial charge in [-0.2, -0.15) is 4.31 Å². The van der Waals surface area contributed by atoms with Crippen LogP contribution in [0.25, 0.3) is 0 Å². The van der Waals surface area contributed by atoms with E-state index in [0.717, 1.165) is 48.8 Å². The predicted molar refractivity (Wildman–Crippen MR) is 161 cm³/mol. The summed E-state index contributed by atoms with van der Waals surface area (Å²) in [6.07, 6.45) is 5.38. The summed E-state index contributed by atoms with van der Waals surface area (Å²) in [5.74, 6) is -0.326. The van der Waals surface area contributed by atoms with Crippen molar-refractivity contribution < 1.29 is 18.0 Å². The molecule has 0 aromatic heterocycles. The van der Waals surface area contributed by atoms with E-state index < -0.39 is 16.1 Å². The number of amides is 2. The maximum atomic E-state index is 13.9. The summed E-state index contributed by atoms with van der Waals surface area (Å²) in [5, 5.41) is 3.06. The minimum absolute atomic E-state index is 0.139. The smallest absolute Gasteiger partial charge is 0.247 e. The van der Waals surface area contributed by atoms with Crippen molar-refractivity contribution >= 4 is 21.8 Å². The third kappa shape index (κ3) is 8.27. The van der Waals surface area contributed by atoms with Gasteiger partial charge >= 0.3 is 0 Å². The fourth-order valence-corrected chi connectivity index (χ4v) is 6.71. The van der Waals surface area contributed by atoms with Crippen LogP contribution in [0, 0.1) is 0 Å². The summed E-state index contributed by atoms with van der Waals surface area (Å²) < 4.78 is 27.3. The monoisotopic (exact) mass is 575 g/mol. The van der Waals surface area contributed by atoms with Crippen molar-refractivity contribution in [3.63, 3.8) is 0 Å². The minimum Gasteiger partial charge on any atom is -0.354 e. The number of carbonyl (C=O) groups excluding carboxylic acids is 2. The maximum absolute atomic E-state index is 13.9. The second-order valence-electron chi connectivity index (χ2n) is 10.6. The van der Waals surface area contributed by atoms with Crippen LogP contribution in [-0.2, 0) is 32.6 Å². The van der Waals surface area contributed by atoms with Crippen LogP contribution in [0.5, 0.6) is 0 Å². The van der Waals surface area contributed by atoms with Crippen LogP contribution in [0.2, 0.25) is 0 Å². The van der Waals surface area contributed by atoms with Gasteiger partial charge < -0.3 is 10.2 Å². The molecule has 0 bridgehead atoms. The van der Waals surface area contributed by atoms with Gasteiger partial charge in [0.25, 0.3) is 0 Å². The quantitative estimate of drug-likeness (QED) is 0.258. The zero-order chi connectivity index (χ0) is 29.1. The molecule has 0 spiro atoms. The highest BCUT2D eigenvalue weighted by Gasteiger charge is 2.31. The first-order valence-corrected chi connectivity index (χ1v) is 16.1. The molecule has 1 saturated heterocycles. The van der Waals surface area contributed by atoms with Gasteiger partial charge in [-0.25, -0.2) is 8.42 Å². The van der Waals surface area contributed by atoms with Crippen molar-refractivity contribution in [2.45, 2.75) is 69.4 Å². The van der Waals surface area contributed by atoms with Gasteiger partial charge in [0.05, 0.1) is 4.90 Å². The predicted octanol–water partition coefficient (Wildman–Crippen LogP) is 5.48. The number of hydrogen-bond acceptors (Lipinski definition) is 4. The fourth-order valence-electron chi connectivity index (χ4n) is 5.20. The Labute approximate surface area is 244 Å². The Morgan fingerprint density at radius 2 is 1.49 bits per heavy atom. The Kier molecular flexibility index (Phi) is 11.1. The third-order valence-electron chi connectivity index (χ3n) is 7.52. The largest absolute Gasteiger partial charge is 0.354 e. The number of carbonyl (C=O) groups is 2. The summed E-state index contributed by atoms with van der Waals surface area (Å²) in [6.45, 7) is 4.11. The molecule has 4 rings (SSSR count). The molecule has 8 heteroatoms. The molecule has 3 aromatic rings. The van der Waals surface area contributed by atoms with E-state index in [2.05, 4.69) is 12.2 Å². The Morgan fingerprint density at radius 3 is 2.12 bits per heavy atom. The van der Waals surface area contributed by atoms with E-state index >= 15 is 0 Å². The lowest BCUT2D eigenvalue weighted by Crippen LogP contribution is -2.43. The zero-order valence-electron chi connectivity index (χ0n) is 23.9. The highest BCUT2D eigenvalue weighted by molar-refractivity contribution is 7.89. The summed E-state index contributed by atoms with van der Waals surface area (Å²) in [6, 6.07) is 25.2. The van der Waals surface area contributed by atoms with E-state index in [1.807, 2.05) is 60.7 Å². The number of aryl methyl sites for hydroxylation is 1. The molecule has 0 aliphatic carbocycles. The van der Waals surface area contributed by atoms with Gasteiger partial charge in [0.15, 0.2) is 0 Å². The molecule has 0 saturated carbocycles. The lowest BCUT2D eigenvalue weighted by molar-refractivity contribution is -0.141. The lowest BCUT2D eigenvalue weighted by Gasteiger charge is -2.32. The maximum Gasteiger partial charge on any atom is 0.247 e. The van der Waals surface area contributed by atoms with Crippen molar-refractivity contribution in [3.8, 4) is 0 Å². The molecule has 1 aliphatic heterocycles. The second-order valence-corrected chi connectivity index (χ2v) is 12.5. The summed E-state index contributed by atoms with van der Waals surface area (Å²) >= 11 is 0. The van der Waals surface area contributed by atoms with Gasteiger partial charge in [0.1, 0.15) is 6.04 Å². The van der Waals surface area contributed by atoms with Gasteiger partial charge in [-0.05, 0) is 54.5 Å². The first-order valence-electron chi connectivity index (χ1n) is 14.7. The molecule has 1 unspecified atom stereocenters. The van der Waals surface area contributed by atoms with E-state index in [1.54, 1.807) is 29.2 Å². The number of sulfonamides is 1. The van der Waals surface area contributed by atoms with Crippen LogP contribution in [0.1, 0.15) is 68.2 Å². The topological polar surface area (TPSA) is 86.8 Å². The summed E-state index contributed by atoms with van der Waals surface area (Å²) in [7, 11) is -3.48. The fraction of sp³-hybridized carbons (Fsp3) is 0.394. The average molecular weight is 576 g/mol. The Bertz CT molecular complexity index is 1360. The number of hydrogen-bond donors (Lipinski definition) is 1. The highest BCUT2D eigenvalue weighted by Crippen LogP contribution is 2.26. The van der Waals surface area contributed by atoms with Crippen LogP contribution in [-0.4, -0.2) is 49.1 Å². The molecule has 1 heterocycles. The molecule has 1 fully saturated rings. The normalized spacial score (nSPS) is 14.5. The van der Waals surface area contributed by atoms with Gasteiger partial charge in [-0.1, -0.05) is 92.6 Å². The van der Waals surface area contributed by atoms with Crippen molar-refractivity contribution in [1.29, 1.82) is 0 Å². The highest BCUT2D eigenvalue weighted by atomic mass is 32.2. The second kappa shape index (κ2) is 14.9. The van der Waals surface area contributed by atoms with Crippen LogP contribution in [0.4, 0.5) is 0 Å². The number of unbranched alkanes of at least 4 members (excludes halogenated alkanes) is 2.